The van der Waals surface area contributed by atoms with Crippen molar-refractivity contribution in [3.63, 3.8) is 0 Å². The minimum absolute atomic E-state index is 0.000911. The summed E-state index contributed by atoms with van der Waals surface area (Å²) in [6.07, 6.45) is 15.6. The van der Waals surface area contributed by atoms with Crippen LogP contribution in [0.5, 0.6) is 6.01 Å². The zero-order chi connectivity index (χ0) is 27.2. The number of nitrogens with one attached hydrogen (secondary N) is 1. The zero-order valence-electron chi connectivity index (χ0n) is 23.3. The van der Waals surface area contributed by atoms with E-state index < -0.39 is 24.5 Å². The number of hydrogen-bond acceptors (Lipinski definition) is 8. The third kappa shape index (κ3) is 9.40. The van der Waals surface area contributed by atoms with Crippen LogP contribution in [-0.4, -0.2) is 46.4 Å². The first-order chi connectivity index (χ1) is 18.5. The van der Waals surface area contributed by atoms with Crippen molar-refractivity contribution in [1.82, 2.24) is 9.55 Å². The summed E-state index contributed by atoms with van der Waals surface area (Å²) in [5.74, 6) is -0.562. The Balaban J connectivity index is 1.47. The van der Waals surface area contributed by atoms with Gasteiger partial charge < -0.3 is 18.9 Å². The molecular formula is C29H47N3O6. The average molecular weight is 534 g/mol. The highest BCUT2D eigenvalue weighted by Crippen LogP contribution is 2.40. The van der Waals surface area contributed by atoms with E-state index >= 15 is 0 Å². The van der Waals surface area contributed by atoms with Gasteiger partial charge in [0, 0.05) is 19.0 Å². The predicted octanol–water partition coefficient (Wildman–Crippen LogP) is 5.76. The molecule has 4 atom stereocenters. The van der Waals surface area contributed by atoms with Gasteiger partial charge in [-0.2, -0.15) is 4.98 Å². The van der Waals surface area contributed by atoms with Crippen LogP contribution in [0.15, 0.2) is 12.3 Å². The fourth-order valence-electron chi connectivity index (χ4n) is 5.06. The largest absolute Gasteiger partial charge is 0.463 e. The molecule has 0 spiro atoms. The van der Waals surface area contributed by atoms with Gasteiger partial charge in [-0.3, -0.25) is 19.6 Å². The highest BCUT2D eigenvalue weighted by atomic mass is 16.7. The number of aromatic nitrogens is 2. The fourth-order valence-corrected chi connectivity index (χ4v) is 5.06. The molecule has 2 aliphatic rings. The molecule has 1 aromatic rings. The van der Waals surface area contributed by atoms with E-state index in [2.05, 4.69) is 18.8 Å². The standard InChI is InChI=1S/C29H47N3O6/c1-3-5-7-9-11-13-15-17-24(33)35-21-22-26(37-25(34)18-16-14-12-10-8-6-4-2)27-28(36-22)32-20-19-23(30)31-29(32)38-27/h19-20,22,26-28,30H,3-18,21H2,1-2H3/t22-,26-,27+,28-/m1/s1. The summed E-state index contributed by atoms with van der Waals surface area (Å²) in [7, 11) is 0. The van der Waals surface area contributed by atoms with Crippen LogP contribution < -0.4 is 10.2 Å². The van der Waals surface area contributed by atoms with Crippen LogP contribution in [-0.2, 0) is 23.8 Å². The molecule has 9 heteroatoms. The Morgan fingerprint density at radius 2 is 1.47 bits per heavy atom. The van der Waals surface area contributed by atoms with Crippen molar-refractivity contribution in [3.05, 3.63) is 17.8 Å². The number of carbonyl (C=O) groups is 2. The molecule has 0 aromatic carbocycles. The molecule has 0 unspecified atom stereocenters. The quantitative estimate of drug-likeness (QED) is 0.178. The van der Waals surface area contributed by atoms with Gasteiger partial charge in [0.2, 0.25) is 0 Å². The van der Waals surface area contributed by atoms with E-state index in [0.717, 1.165) is 38.5 Å². The Morgan fingerprint density at radius 1 is 0.895 bits per heavy atom. The number of rotatable bonds is 19. The Bertz CT molecular complexity index is 920. The van der Waals surface area contributed by atoms with E-state index in [4.69, 9.17) is 24.4 Å². The maximum absolute atomic E-state index is 12.7. The molecule has 2 aliphatic heterocycles. The molecule has 3 heterocycles. The molecule has 214 valence electrons. The molecule has 9 nitrogen and oxygen atoms in total. The van der Waals surface area contributed by atoms with E-state index in [1.54, 1.807) is 16.8 Å². The molecule has 0 bridgehead atoms. The van der Waals surface area contributed by atoms with Crippen LogP contribution in [0, 0.1) is 5.41 Å². The number of carbonyl (C=O) groups excluding carboxylic acids is 2. The first-order valence-corrected chi connectivity index (χ1v) is 14.8. The van der Waals surface area contributed by atoms with E-state index in [1.165, 1.54) is 51.4 Å². The second-order valence-corrected chi connectivity index (χ2v) is 10.5. The van der Waals surface area contributed by atoms with Gasteiger partial charge in [-0.15, -0.1) is 0 Å². The lowest BCUT2D eigenvalue weighted by molar-refractivity contribution is -0.160. The predicted molar refractivity (Wildman–Crippen MR) is 142 cm³/mol. The Labute approximate surface area is 227 Å². The lowest BCUT2D eigenvalue weighted by Crippen LogP contribution is -2.40. The Morgan fingerprint density at radius 3 is 2.11 bits per heavy atom. The number of hydrogen-bond donors (Lipinski definition) is 1. The van der Waals surface area contributed by atoms with Gasteiger partial charge in [0.25, 0.3) is 0 Å². The fraction of sp³-hybridized carbons (Fsp3) is 0.793. The smallest absolute Gasteiger partial charge is 0.306 e. The normalized spacial score (nSPS) is 21.5. The van der Waals surface area contributed by atoms with Crippen LogP contribution in [0.1, 0.15) is 123 Å². The molecule has 0 amide bonds. The highest BCUT2D eigenvalue weighted by Gasteiger charge is 2.54. The van der Waals surface area contributed by atoms with Crippen molar-refractivity contribution in [1.29, 1.82) is 5.41 Å². The summed E-state index contributed by atoms with van der Waals surface area (Å²) in [6.45, 7) is 4.40. The number of ether oxygens (including phenoxy) is 4. The monoisotopic (exact) mass is 533 g/mol. The average Bonchev–Trinajstić information content (AvgIpc) is 3.41. The molecule has 1 saturated heterocycles. The molecular weight excluding hydrogens is 486 g/mol. The van der Waals surface area contributed by atoms with Crippen molar-refractivity contribution in [2.45, 2.75) is 141 Å². The maximum atomic E-state index is 12.7. The van der Waals surface area contributed by atoms with Crippen molar-refractivity contribution in [2.75, 3.05) is 6.61 Å². The third-order valence-electron chi connectivity index (χ3n) is 7.28. The number of fused-ring (bicyclic) bond motifs is 3. The van der Waals surface area contributed by atoms with Crippen molar-refractivity contribution in [2.24, 2.45) is 0 Å². The molecule has 0 saturated carbocycles. The summed E-state index contributed by atoms with van der Waals surface area (Å²) in [5.41, 5.74) is 0.0829. The minimum Gasteiger partial charge on any atom is -0.463 e. The SMILES string of the molecule is CCCCCCCCCC(=O)OC[C@H]1O[C@@H]2[C@@H](Oc3nc(=N)ccn32)[C@@H]1OC(=O)CCCCCCCCC. The first-order valence-electron chi connectivity index (χ1n) is 14.8. The van der Waals surface area contributed by atoms with Gasteiger partial charge in [0.05, 0.1) is 0 Å². The van der Waals surface area contributed by atoms with Gasteiger partial charge in [0.1, 0.15) is 12.7 Å². The molecule has 0 radical (unpaired) electrons. The van der Waals surface area contributed by atoms with Gasteiger partial charge in [-0.25, -0.2) is 0 Å². The summed E-state index contributed by atoms with van der Waals surface area (Å²) < 4.78 is 25.2. The van der Waals surface area contributed by atoms with Crippen LogP contribution in [0.3, 0.4) is 0 Å². The summed E-state index contributed by atoms with van der Waals surface area (Å²) in [5, 5.41) is 7.76. The zero-order valence-corrected chi connectivity index (χ0v) is 23.3. The summed E-state index contributed by atoms with van der Waals surface area (Å²) in [6, 6.07) is 1.81. The second-order valence-electron chi connectivity index (χ2n) is 10.5. The number of unbranched alkanes of at least 4 members (excludes halogenated alkanes) is 12. The molecule has 1 N–H and O–H groups in total. The maximum Gasteiger partial charge on any atom is 0.306 e. The molecule has 1 fully saturated rings. The summed E-state index contributed by atoms with van der Waals surface area (Å²) >= 11 is 0. The Hall–Kier alpha value is -2.42. The van der Waals surface area contributed by atoms with Gasteiger partial charge >= 0.3 is 17.9 Å². The first kappa shape index (κ1) is 30.1. The topological polar surface area (TPSA) is 113 Å². The van der Waals surface area contributed by atoms with Gasteiger partial charge in [-0.1, -0.05) is 90.9 Å². The minimum atomic E-state index is -0.723. The van der Waals surface area contributed by atoms with E-state index in [9.17, 15) is 9.59 Å². The highest BCUT2D eigenvalue weighted by molar-refractivity contribution is 5.70. The lowest BCUT2D eigenvalue weighted by atomic mass is 10.1. The third-order valence-corrected chi connectivity index (χ3v) is 7.28. The van der Waals surface area contributed by atoms with Crippen molar-refractivity contribution < 1.29 is 28.5 Å². The van der Waals surface area contributed by atoms with Crippen LogP contribution in [0.2, 0.25) is 0 Å². The lowest BCUT2D eigenvalue weighted by Gasteiger charge is -2.22. The van der Waals surface area contributed by atoms with E-state index in [-0.39, 0.29) is 30.0 Å². The van der Waals surface area contributed by atoms with Crippen molar-refractivity contribution >= 4 is 11.9 Å². The van der Waals surface area contributed by atoms with E-state index in [1.807, 2.05) is 0 Å². The molecule has 0 aliphatic carbocycles. The van der Waals surface area contributed by atoms with Crippen LogP contribution >= 0.6 is 0 Å². The molecule has 3 rings (SSSR count). The Kier molecular flexibility index (Phi) is 13.1. The molecule has 38 heavy (non-hydrogen) atoms. The van der Waals surface area contributed by atoms with Crippen LogP contribution in [0.4, 0.5) is 0 Å². The van der Waals surface area contributed by atoms with E-state index in [0.29, 0.717) is 12.8 Å². The number of nitrogens with zero attached hydrogens (tertiary/aromatic N) is 2. The van der Waals surface area contributed by atoms with Gasteiger partial charge in [-0.05, 0) is 18.9 Å². The molecule has 1 aromatic heterocycles. The van der Waals surface area contributed by atoms with Crippen LogP contribution in [0.25, 0.3) is 0 Å². The number of esters is 2. The summed E-state index contributed by atoms with van der Waals surface area (Å²) in [4.78, 5) is 29.2. The van der Waals surface area contributed by atoms with Crippen molar-refractivity contribution in [3.8, 4) is 6.01 Å². The van der Waals surface area contributed by atoms with Gasteiger partial charge in [0.15, 0.2) is 23.9 Å². The second kappa shape index (κ2) is 16.5.